The van der Waals surface area contributed by atoms with Gasteiger partial charge in [0, 0.05) is 25.0 Å². The molecule has 2 atom stereocenters. The van der Waals surface area contributed by atoms with Crippen molar-refractivity contribution in [3.8, 4) is 0 Å². The Morgan fingerprint density at radius 2 is 2.50 bits per heavy atom. The van der Waals surface area contributed by atoms with Crippen LogP contribution in [-0.2, 0) is 13.5 Å². The summed E-state index contributed by atoms with van der Waals surface area (Å²) < 4.78 is 1.86. The summed E-state index contributed by atoms with van der Waals surface area (Å²) in [6.45, 7) is 0. The quantitative estimate of drug-likeness (QED) is 0.812. The number of hydrogen-bond donors (Lipinski definition) is 1. The molecule has 1 aromatic rings. The Morgan fingerprint density at radius 3 is 3.07 bits per heavy atom. The van der Waals surface area contributed by atoms with E-state index in [1.54, 1.807) is 0 Å². The van der Waals surface area contributed by atoms with Crippen molar-refractivity contribution in [2.24, 2.45) is 18.7 Å². The normalized spacial score (nSPS) is 27.0. The van der Waals surface area contributed by atoms with E-state index in [-0.39, 0.29) is 0 Å². The molecule has 2 N–H and O–H groups in total. The van der Waals surface area contributed by atoms with Gasteiger partial charge in [0.05, 0.1) is 6.20 Å². The second-order valence-corrected chi connectivity index (χ2v) is 5.10. The maximum atomic E-state index is 6.01. The van der Waals surface area contributed by atoms with Gasteiger partial charge >= 0.3 is 0 Å². The average Bonchev–Trinajstić information content (AvgIpc) is 2.72. The molecule has 1 saturated heterocycles. The SMILES string of the molecule is Cn1cc(CCC2CSCC2N)cn1. The van der Waals surface area contributed by atoms with Gasteiger partial charge in [0.15, 0.2) is 0 Å². The van der Waals surface area contributed by atoms with Gasteiger partial charge in [-0.25, -0.2) is 0 Å². The molecule has 0 aromatic carbocycles. The largest absolute Gasteiger partial charge is 0.327 e. The number of nitrogens with two attached hydrogens (primary N) is 1. The Morgan fingerprint density at radius 1 is 1.64 bits per heavy atom. The fourth-order valence-electron chi connectivity index (χ4n) is 1.87. The van der Waals surface area contributed by atoms with Crippen LogP contribution in [0.15, 0.2) is 12.4 Å². The van der Waals surface area contributed by atoms with E-state index in [1.807, 2.05) is 29.7 Å². The first-order valence-electron chi connectivity index (χ1n) is 5.06. The van der Waals surface area contributed by atoms with E-state index in [9.17, 15) is 0 Å². The van der Waals surface area contributed by atoms with Crippen molar-refractivity contribution >= 4 is 11.8 Å². The minimum Gasteiger partial charge on any atom is -0.327 e. The van der Waals surface area contributed by atoms with Crippen LogP contribution in [0.2, 0.25) is 0 Å². The van der Waals surface area contributed by atoms with Gasteiger partial charge in [-0.2, -0.15) is 16.9 Å². The van der Waals surface area contributed by atoms with E-state index in [2.05, 4.69) is 11.3 Å². The van der Waals surface area contributed by atoms with Crippen LogP contribution in [0.5, 0.6) is 0 Å². The molecule has 2 heterocycles. The number of rotatable bonds is 3. The Labute approximate surface area is 89.1 Å². The molecule has 2 rings (SSSR count). The Bertz CT molecular complexity index is 297. The zero-order chi connectivity index (χ0) is 9.97. The highest BCUT2D eigenvalue weighted by molar-refractivity contribution is 7.99. The Hall–Kier alpha value is -0.480. The molecule has 1 aromatic heterocycles. The number of nitrogens with zero attached hydrogens (tertiary/aromatic N) is 2. The maximum absolute atomic E-state index is 6.01. The van der Waals surface area contributed by atoms with E-state index < -0.39 is 0 Å². The van der Waals surface area contributed by atoms with Crippen LogP contribution < -0.4 is 5.73 Å². The molecule has 0 saturated carbocycles. The molecule has 0 spiro atoms. The highest BCUT2D eigenvalue weighted by atomic mass is 32.2. The summed E-state index contributed by atoms with van der Waals surface area (Å²) in [6, 6.07) is 0.414. The Balaban J connectivity index is 1.82. The minimum atomic E-state index is 0.414. The zero-order valence-corrected chi connectivity index (χ0v) is 9.33. The van der Waals surface area contributed by atoms with Crippen molar-refractivity contribution in [3.05, 3.63) is 18.0 Å². The molecule has 0 radical (unpaired) electrons. The molecule has 1 fully saturated rings. The fourth-order valence-corrected chi connectivity index (χ4v) is 3.26. The van der Waals surface area contributed by atoms with Crippen molar-refractivity contribution in [1.82, 2.24) is 9.78 Å². The van der Waals surface area contributed by atoms with Gasteiger partial charge in [-0.15, -0.1) is 0 Å². The van der Waals surface area contributed by atoms with Crippen LogP contribution in [-0.4, -0.2) is 27.3 Å². The van der Waals surface area contributed by atoms with Gasteiger partial charge in [0.2, 0.25) is 0 Å². The molecular weight excluding hydrogens is 194 g/mol. The topological polar surface area (TPSA) is 43.8 Å². The molecule has 0 amide bonds. The monoisotopic (exact) mass is 211 g/mol. The lowest BCUT2D eigenvalue weighted by molar-refractivity contribution is 0.480. The summed E-state index contributed by atoms with van der Waals surface area (Å²) in [7, 11) is 1.96. The van der Waals surface area contributed by atoms with Crippen LogP contribution >= 0.6 is 11.8 Å². The summed E-state index contributed by atoms with van der Waals surface area (Å²) in [5.41, 5.74) is 7.34. The van der Waals surface area contributed by atoms with Crippen molar-refractivity contribution < 1.29 is 0 Å². The summed E-state index contributed by atoms with van der Waals surface area (Å²) in [4.78, 5) is 0. The molecule has 78 valence electrons. The maximum Gasteiger partial charge on any atom is 0.0521 e. The average molecular weight is 211 g/mol. The second-order valence-electron chi connectivity index (χ2n) is 4.02. The number of thioether (sulfide) groups is 1. The molecule has 2 unspecified atom stereocenters. The number of aryl methyl sites for hydroxylation is 2. The standard InChI is InChI=1S/C10H17N3S/c1-13-5-8(4-12-13)2-3-9-6-14-7-10(9)11/h4-5,9-10H,2-3,6-7,11H2,1H3. The molecule has 1 aliphatic heterocycles. The highest BCUT2D eigenvalue weighted by Gasteiger charge is 2.23. The van der Waals surface area contributed by atoms with Crippen molar-refractivity contribution in [2.45, 2.75) is 18.9 Å². The third kappa shape index (κ3) is 2.30. The first kappa shape index (κ1) is 10.1. The lowest BCUT2D eigenvalue weighted by Crippen LogP contribution is -2.28. The lowest BCUT2D eigenvalue weighted by Gasteiger charge is -2.12. The molecule has 4 heteroatoms. The summed E-state index contributed by atoms with van der Waals surface area (Å²) in [6.07, 6.45) is 6.37. The molecule has 1 aliphatic rings. The number of hydrogen-bond acceptors (Lipinski definition) is 3. The third-order valence-corrected chi connectivity index (χ3v) is 4.09. The van der Waals surface area contributed by atoms with Crippen molar-refractivity contribution in [2.75, 3.05) is 11.5 Å². The smallest absolute Gasteiger partial charge is 0.0521 e. The predicted molar refractivity (Wildman–Crippen MR) is 60.3 cm³/mol. The van der Waals surface area contributed by atoms with E-state index in [0.29, 0.717) is 12.0 Å². The second kappa shape index (κ2) is 4.36. The van der Waals surface area contributed by atoms with Crippen LogP contribution in [0.25, 0.3) is 0 Å². The minimum absolute atomic E-state index is 0.414. The van der Waals surface area contributed by atoms with E-state index in [4.69, 9.17) is 5.73 Å². The van der Waals surface area contributed by atoms with Crippen LogP contribution in [0.4, 0.5) is 0 Å². The van der Waals surface area contributed by atoms with Gasteiger partial charge in [0.25, 0.3) is 0 Å². The highest BCUT2D eigenvalue weighted by Crippen LogP contribution is 2.26. The zero-order valence-electron chi connectivity index (χ0n) is 8.52. The van der Waals surface area contributed by atoms with Gasteiger partial charge in [0.1, 0.15) is 0 Å². The van der Waals surface area contributed by atoms with E-state index in [1.165, 1.54) is 17.7 Å². The molecule has 0 aliphatic carbocycles. The first-order chi connectivity index (χ1) is 6.75. The van der Waals surface area contributed by atoms with Gasteiger partial charge in [-0.3, -0.25) is 4.68 Å². The lowest BCUT2D eigenvalue weighted by atomic mass is 9.97. The first-order valence-corrected chi connectivity index (χ1v) is 6.22. The van der Waals surface area contributed by atoms with Gasteiger partial charge in [-0.1, -0.05) is 0 Å². The van der Waals surface area contributed by atoms with Crippen molar-refractivity contribution in [3.63, 3.8) is 0 Å². The molecular formula is C10H17N3S. The van der Waals surface area contributed by atoms with Gasteiger partial charge < -0.3 is 5.73 Å². The molecule has 14 heavy (non-hydrogen) atoms. The summed E-state index contributed by atoms with van der Waals surface area (Å²) >= 11 is 1.98. The van der Waals surface area contributed by atoms with Crippen LogP contribution in [0.3, 0.4) is 0 Å². The van der Waals surface area contributed by atoms with Gasteiger partial charge in [-0.05, 0) is 30.1 Å². The van der Waals surface area contributed by atoms with E-state index in [0.717, 1.165) is 12.2 Å². The molecule has 0 bridgehead atoms. The predicted octanol–water partition coefficient (Wildman–Crippen LogP) is 1.04. The number of aromatic nitrogens is 2. The summed E-state index contributed by atoms with van der Waals surface area (Å²) in [5.74, 6) is 3.08. The fraction of sp³-hybridized carbons (Fsp3) is 0.700. The Kier molecular flexibility index (Phi) is 3.13. The summed E-state index contributed by atoms with van der Waals surface area (Å²) in [5, 5.41) is 4.16. The van der Waals surface area contributed by atoms with Crippen molar-refractivity contribution in [1.29, 1.82) is 0 Å². The van der Waals surface area contributed by atoms with Crippen LogP contribution in [0, 0.1) is 5.92 Å². The third-order valence-electron chi connectivity index (χ3n) is 2.81. The van der Waals surface area contributed by atoms with E-state index >= 15 is 0 Å². The molecule has 3 nitrogen and oxygen atoms in total. The van der Waals surface area contributed by atoms with Crippen LogP contribution in [0.1, 0.15) is 12.0 Å².